The fourth-order valence-corrected chi connectivity index (χ4v) is 2.31. The van der Waals surface area contributed by atoms with Crippen LogP contribution in [0.1, 0.15) is 18.9 Å². The maximum absolute atomic E-state index is 12.1. The predicted octanol–water partition coefficient (Wildman–Crippen LogP) is 2.98. The number of rotatable bonds is 9. The molecule has 2 rings (SSSR count). The Morgan fingerprint density at radius 3 is 2.54 bits per heavy atom. The molecule has 0 aliphatic carbocycles. The van der Waals surface area contributed by atoms with E-state index in [1.54, 1.807) is 17.3 Å². The lowest BCUT2D eigenvalue weighted by atomic mass is 10.2. The standard InChI is InChI=1S/C19H25N3O2/c1-3-24-18-6-4-17(5-7-18)21-14-10-19(23)22(2)15-11-16-8-12-20-13-9-16/h4-9,12-13,21H,3,10-11,14-15H2,1-2H3. The number of hydrogen-bond donors (Lipinski definition) is 1. The summed E-state index contributed by atoms with van der Waals surface area (Å²) in [6.07, 6.45) is 4.87. The summed E-state index contributed by atoms with van der Waals surface area (Å²) in [5, 5.41) is 3.26. The molecule has 0 bridgehead atoms. The lowest BCUT2D eigenvalue weighted by Gasteiger charge is -2.17. The average molecular weight is 327 g/mol. The number of nitrogens with zero attached hydrogens (tertiary/aromatic N) is 2. The van der Waals surface area contributed by atoms with Gasteiger partial charge < -0.3 is 15.0 Å². The molecule has 0 spiro atoms. The third kappa shape index (κ3) is 5.91. The molecule has 0 fully saturated rings. The SMILES string of the molecule is CCOc1ccc(NCCC(=O)N(C)CCc2ccncc2)cc1. The Morgan fingerprint density at radius 2 is 1.88 bits per heavy atom. The predicted molar refractivity (Wildman–Crippen MR) is 96.3 cm³/mol. The van der Waals surface area contributed by atoms with E-state index in [2.05, 4.69) is 10.3 Å². The van der Waals surface area contributed by atoms with Gasteiger partial charge in [-0.1, -0.05) is 0 Å². The molecule has 5 heteroatoms. The van der Waals surface area contributed by atoms with E-state index in [1.807, 2.05) is 50.4 Å². The summed E-state index contributed by atoms with van der Waals surface area (Å²) in [6.45, 7) is 3.95. The largest absolute Gasteiger partial charge is 0.494 e. The molecule has 24 heavy (non-hydrogen) atoms. The van der Waals surface area contributed by atoms with Crippen molar-refractivity contribution < 1.29 is 9.53 Å². The topological polar surface area (TPSA) is 54.5 Å². The molecule has 1 aromatic heterocycles. The molecule has 0 radical (unpaired) electrons. The van der Waals surface area contributed by atoms with Gasteiger partial charge in [0, 0.05) is 44.6 Å². The summed E-state index contributed by atoms with van der Waals surface area (Å²) in [6, 6.07) is 11.7. The Kier molecular flexibility index (Phi) is 7.08. The van der Waals surface area contributed by atoms with Crippen LogP contribution < -0.4 is 10.1 Å². The zero-order chi connectivity index (χ0) is 17.2. The molecule has 5 nitrogen and oxygen atoms in total. The van der Waals surface area contributed by atoms with E-state index in [1.165, 1.54) is 5.56 Å². The van der Waals surface area contributed by atoms with Crippen LogP contribution in [0.25, 0.3) is 0 Å². The fraction of sp³-hybridized carbons (Fsp3) is 0.368. The average Bonchev–Trinajstić information content (AvgIpc) is 2.62. The molecule has 128 valence electrons. The number of nitrogens with one attached hydrogen (secondary N) is 1. The van der Waals surface area contributed by atoms with Crippen LogP contribution in [0.5, 0.6) is 5.75 Å². The highest BCUT2D eigenvalue weighted by molar-refractivity contribution is 5.76. The van der Waals surface area contributed by atoms with Crippen molar-refractivity contribution in [2.45, 2.75) is 19.8 Å². The Hall–Kier alpha value is -2.56. The molecule has 0 atom stereocenters. The molecule has 0 unspecified atom stereocenters. The van der Waals surface area contributed by atoms with E-state index >= 15 is 0 Å². The summed E-state index contributed by atoms with van der Waals surface area (Å²) in [5.74, 6) is 0.998. The van der Waals surface area contributed by atoms with Crippen LogP contribution >= 0.6 is 0 Å². The first-order valence-corrected chi connectivity index (χ1v) is 8.28. The number of anilines is 1. The number of amides is 1. The van der Waals surface area contributed by atoms with E-state index in [4.69, 9.17) is 4.74 Å². The van der Waals surface area contributed by atoms with Gasteiger partial charge >= 0.3 is 0 Å². The Bertz CT molecular complexity index is 614. The Morgan fingerprint density at radius 1 is 1.17 bits per heavy atom. The highest BCUT2D eigenvalue weighted by Gasteiger charge is 2.08. The van der Waals surface area contributed by atoms with Gasteiger partial charge in [0.1, 0.15) is 5.75 Å². The third-order valence-corrected chi connectivity index (χ3v) is 3.74. The van der Waals surface area contributed by atoms with Gasteiger partial charge in [0.05, 0.1) is 6.61 Å². The molecular weight excluding hydrogens is 302 g/mol. The van der Waals surface area contributed by atoms with Crippen molar-refractivity contribution in [2.24, 2.45) is 0 Å². The van der Waals surface area contributed by atoms with Gasteiger partial charge in [-0.3, -0.25) is 9.78 Å². The van der Waals surface area contributed by atoms with Crippen LogP contribution in [-0.4, -0.2) is 42.5 Å². The maximum atomic E-state index is 12.1. The molecular formula is C19H25N3O2. The minimum absolute atomic E-state index is 0.141. The molecule has 1 aromatic carbocycles. The van der Waals surface area contributed by atoms with Gasteiger partial charge in [-0.25, -0.2) is 0 Å². The number of ether oxygens (including phenoxy) is 1. The highest BCUT2D eigenvalue weighted by atomic mass is 16.5. The van der Waals surface area contributed by atoms with Crippen LogP contribution in [0.4, 0.5) is 5.69 Å². The van der Waals surface area contributed by atoms with Crippen molar-refractivity contribution in [2.75, 3.05) is 32.1 Å². The molecule has 0 aliphatic heterocycles. The van der Waals surface area contributed by atoms with Crippen LogP contribution in [0, 0.1) is 0 Å². The van der Waals surface area contributed by atoms with E-state index in [-0.39, 0.29) is 5.91 Å². The van der Waals surface area contributed by atoms with Gasteiger partial charge in [0.25, 0.3) is 0 Å². The van der Waals surface area contributed by atoms with Crippen LogP contribution in [0.15, 0.2) is 48.8 Å². The van der Waals surface area contributed by atoms with E-state index in [0.29, 0.717) is 26.1 Å². The lowest BCUT2D eigenvalue weighted by molar-refractivity contribution is -0.129. The molecule has 0 saturated heterocycles. The second-order valence-electron chi connectivity index (χ2n) is 5.55. The monoisotopic (exact) mass is 327 g/mol. The highest BCUT2D eigenvalue weighted by Crippen LogP contribution is 2.15. The van der Waals surface area contributed by atoms with Gasteiger partial charge in [-0.15, -0.1) is 0 Å². The van der Waals surface area contributed by atoms with Crippen molar-refractivity contribution in [3.8, 4) is 5.75 Å². The summed E-state index contributed by atoms with van der Waals surface area (Å²) in [5.41, 5.74) is 2.18. The minimum Gasteiger partial charge on any atom is -0.494 e. The zero-order valence-electron chi connectivity index (χ0n) is 14.4. The van der Waals surface area contributed by atoms with E-state index in [0.717, 1.165) is 17.9 Å². The van der Waals surface area contributed by atoms with Crippen molar-refractivity contribution in [1.29, 1.82) is 0 Å². The minimum atomic E-state index is 0.141. The molecule has 2 aromatic rings. The normalized spacial score (nSPS) is 10.2. The summed E-state index contributed by atoms with van der Waals surface area (Å²) < 4.78 is 5.41. The molecule has 0 aliphatic rings. The van der Waals surface area contributed by atoms with E-state index in [9.17, 15) is 4.79 Å². The third-order valence-electron chi connectivity index (χ3n) is 3.74. The molecule has 0 saturated carbocycles. The molecule has 1 amide bonds. The molecule has 1 N–H and O–H groups in total. The molecule has 1 heterocycles. The maximum Gasteiger partial charge on any atom is 0.224 e. The number of benzene rings is 1. The second kappa shape index (κ2) is 9.55. The van der Waals surface area contributed by atoms with Crippen molar-refractivity contribution in [1.82, 2.24) is 9.88 Å². The van der Waals surface area contributed by atoms with Gasteiger partial charge in [-0.05, 0) is 55.3 Å². The zero-order valence-corrected chi connectivity index (χ0v) is 14.4. The first kappa shape index (κ1) is 17.8. The Labute approximate surface area is 143 Å². The smallest absolute Gasteiger partial charge is 0.224 e. The number of carbonyl (C=O) groups excluding carboxylic acids is 1. The van der Waals surface area contributed by atoms with Crippen LogP contribution in [0.2, 0.25) is 0 Å². The summed E-state index contributed by atoms with van der Waals surface area (Å²) in [7, 11) is 1.85. The van der Waals surface area contributed by atoms with Crippen molar-refractivity contribution >= 4 is 11.6 Å². The number of hydrogen-bond acceptors (Lipinski definition) is 4. The first-order chi connectivity index (χ1) is 11.7. The van der Waals surface area contributed by atoms with Crippen molar-refractivity contribution in [3.05, 3.63) is 54.4 Å². The second-order valence-corrected chi connectivity index (χ2v) is 5.55. The van der Waals surface area contributed by atoms with Crippen LogP contribution in [-0.2, 0) is 11.2 Å². The summed E-state index contributed by atoms with van der Waals surface area (Å²) in [4.78, 5) is 17.9. The van der Waals surface area contributed by atoms with E-state index < -0.39 is 0 Å². The van der Waals surface area contributed by atoms with Gasteiger partial charge in [0.15, 0.2) is 0 Å². The number of likely N-dealkylation sites (N-methyl/N-ethyl adjacent to an activating group) is 1. The quantitative estimate of drug-likeness (QED) is 0.769. The van der Waals surface area contributed by atoms with Crippen LogP contribution in [0.3, 0.4) is 0 Å². The fourth-order valence-electron chi connectivity index (χ4n) is 2.31. The number of pyridine rings is 1. The van der Waals surface area contributed by atoms with Crippen molar-refractivity contribution in [3.63, 3.8) is 0 Å². The number of aromatic nitrogens is 1. The van der Waals surface area contributed by atoms with Gasteiger partial charge in [-0.2, -0.15) is 0 Å². The Balaban J connectivity index is 1.68. The van der Waals surface area contributed by atoms with Gasteiger partial charge in [0.2, 0.25) is 5.91 Å². The summed E-state index contributed by atoms with van der Waals surface area (Å²) >= 11 is 0. The lowest BCUT2D eigenvalue weighted by Crippen LogP contribution is -2.30. The number of carbonyl (C=O) groups is 1. The first-order valence-electron chi connectivity index (χ1n) is 8.28.